The molecular formula is C37H25Cl. The minimum atomic E-state index is -0.449. The van der Waals surface area contributed by atoms with Crippen molar-refractivity contribution in [3.8, 4) is 33.4 Å². The second-order valence-electron chi connectivity index (χ2n) is 9.84. The van der Waals surface area contributed by atoms with Crippen molar-refractivity contribution in [2.24, 2.45) is 0 Å². The Bertz CT molecular complexity index is 1720. The van der Waals surface area contributed by atoms with Gasteiger partial charge in [0.1, 0.15) is 0 Å². The molecule has 0 atom stereocenters. The summed E-state index contributed by atoms with van der Waals surface area (Å²) >= 11 is 6.39. The molecule has 0 nitrogen and oxygen atoms in total. The van der Waals surface area contributed by atoms with Crippen LogP contribution in [0.1, 0.15) is 22.3 Å². The van der Waals surface area contributed by atoms with E-state index in [0.717, 1.165) is 5.02 Å². The Morgan fingerprint density at radius 3 is 1.50 bits per heavy atom. The Morgan fingerprint density at radius 2 is 0.868 bits per heavy atom. The maximum Gasteiger partial charge on any atom is 0.0713 e. The van der Waals surface area contributed by atoms with Crippen LogP contribution in [0.15, 0.2) is 152 Å². The van der Waals surface area contributed by atoms with E-state index in [9.17, 15) is 0 Å². The molecule has 1 aliphatic carbocycles. The number of fused-ring (bicyclic) bond motifs is 3. The minimum Gasteiger partial charge on any atom is -0.0843 e. The lowest BCUT2D eigenvalue weighted by Gasteiger charge is -2.34. The van der Waals surface area contributed by atoms with Crippen molar-refractivity contribution < 1.29 is 0 Å². The van der Waals surface area contributed by atoms with Gasteiger partial charge in [-0.15, -0.1) is 0 Å². The monoisotopic (exact) mass is 504 g/mol. The third kappa shape index (κ3) is 3.45. The van der Waals surface area contributed by atoms with E-state index in [1.807, 2.05) is 12.1 Å². The fourth-order valence-electron chi connectivity index (χ4n) is 6.25. The van der Waals surface area contributed by atoms with Crippen LogP contribution in [-0.2, 0) is 5.41 Å². The van der Waals surface area contributed by atoms with Crippen molar-refractivity contribution in [3.63, 3.8) is 0 Å². The lowest BCUT2D eigenvalue weighted by molar-refractivity contribution is 0.769. The maximum atomic E-state index is 6.39. The van der Waals surface area contributed by atoms with Gasteiger partial charge in [-0.3, -0.25) is 0 Å². The summed E-state index contributed by atoms with van der Waals surface area (Å²) in [7, 11) is 0. The Labute approximate surface area is 228 Å². The highest BCUT2D eigenvalue weighted by Gasteiger charge is 2.45. The lowest BCUT2D eigenvalue weighted by Crippen LogP contribution is -2.28. The van der Waals surface area contributed by atoms with E-state index >= 15 is 0 Å². The van der Waals surface area contributed by atoms with Crippen molar-refractivity contribution in [2.75, 3.05) is 0 Å². The van der Waals surface area contributed by atoms with Gasteiger partial charge in [0.05, 0.1) is 5.41 Å². The molecule has 38 heavy (non-hydrogen) atoms. The molecule has 0 aliphatic heterocycles. The Morgan fingerprint density at radius 1 is 0.368 bits per heavy atom. The molecule has 0 spiro atoms. The summed E-state index contributed by atoms with van der Waals surface area (Å²) in [5.41, 5.74) is 12.1. The Balaban J connectivity index is 1.52. The molecule has 1 aliphatic rings. The van der Waals surface area contributed by atoms with Gasteiger partial charge in [0.25, 0.3) is 0 Å². The van der Waals surface area contributed by atoms with E-state index in [-0.39, 0.29) is 0 Å². The average Bonchev–Trinajstić information content (AvgIpc) is 3.29. The number of hydrogen-bond acceptors (Lipinski definition) is 0. The van der Waals surface area contributed by atoms with Crippen molar-refractivity contribution in [2.45, 2.75) is 5.41 Å². The molecule has 180 valence electrons. The van der Waals surface area contributed by atoms with Gasteiger partial charge < -0.3 is 0 Å². The largest absolute Gasteiger partial charge is 0.0843 e. The molecule has 6 aromatic rings. The molecule has 0 unspecified atom stereocenters. The molecule has 7 rings (SSSR count). The zero-order chi connectivity index (χ0) is 25.5. The summed E-state index contributed by atoms with van der Waals surface area (Å²) < 4.78 is 0. The molecule has 6 aromatic carbocycles. The predicted octanol–water partition coefficient (Wildman–Crippen LogP) is 10.0. The number of halogens is 1. The van der Waals surface area contributed by atoms with Crippen LogP contribution >= 0.6 is 11.6 Å². The van der Waals surface area contributed by atoms with Gasteiger partial charge >= 0.3 is 0 Å². The van der Waals surface area contributed by atoms with Crippen molar-refractivity contribution in [1.29, 1.82) is 0 Å². The van der Waals surface area contributed by atoms with Gasteiger partial charge in [0, 0.05) is 5.02 Å². The van der Waals surface area contributed by atoms with Crippen LogP contribution in [0, 0.1) is 0 Å². The highest BCUT2D eigenvalue weighted by atomic mass is 35.5. The lowest BCUT2D eigenvalue weighted by atomic mass is 9.67. The van der Waals surface area contributed by atoms with Gasteiger partial charge in [-0.25, -0.2) is 0 Å². The fourth-order valence-corrected chi connectivity index (χ4v) is 6.37. The highest BCUT2D eigenvalue weighted by Crippen LogP contribution is 2.56. The van der Waals surface area contributed by atoms with Crippen molar-refractivity contribution in [3.05, 3.63) is 179 Å². The van der Waals surface area contributed by atoms with E-state index in [0.29, 0.717) is 0 Å². The second-order valence-corrected chi connectivity index (χ2v) is 10.3. The summed E-state index contributed by atoms with van der Waals surface area (Å²) in [5.74, 6) is 0. The number of benzene rings is 6. The summed E-state index contributed by atoms with van der Waals surface area (Å²) in [4.78, 5) is 0. The molecule has 0 heterocycles. The average molecular weight is 505 g/mol. The van der Waals surface area contributed by atoms with Gasteiger partial charge in [0.2, 0.25) is 0 Å². The minimum absolute atomic E-state index is 0.449. The molecular weight excluding hydrogens is 480 g/mol. The molecule has 0 N–H and O–H groups in total. The summed E-state index contributed by atoms with van der Waals surface area (Å²) in [6.07, 6.45) is 0. The van der Waals surface area contributed by atoms with Crippen molar-refractivity contribution in [1.82, 2.24) is 0 Å². The summed E-state index contributed by atoms with van der Waals surface area (Å²) in [5, 5.41) is 0.744. The molecule has 1 heteroatoms. The van der Waals surface area contributed by atoms with Crippen LogP contribution in [0.4, 0.5) is 0 Å². The normalized spacial score (nSPS) is 13.1. The van der Waals surface area contributed by atoms with E-state index in [1.54, 1.807) is 0 Å². The summed E-state index contributed by atoms with van der Waals surface area (Å²) in [6.45, 7) is 0. The Kier molecular flexibility index (Phi) is 5.50. The number of rotatable bonds is 4. The fraction of sp³-hybridized carbons (Fsp3) is 0.0270. The molecule has 0 fully saturated rings. The third-order valence-corrected chi connectivity index (χ3v) is 8.10. The van der Waals surface area contributed by atoms with E-state index in [4.69, 9.17) is 11.6 Å². The SMILES string of the molecule is Clc1ccc(C2(c3cccc(-c4ccccc4-c4ccccc4)c3)c3ccccc3-c3ccccc32)cc1. The summed E-state index contributed by atoms with van der Waals surface area (Å²) in [6, 6.07) is 54.5. The predicted molar refractivity (Wildman–Crippen MR) is 160 cm³/mol. The smallest absolute Gasteiger partial charge is 0.0713 e. The first-order valence-electron chi connectivity index (χ1n) is 13.0. The molecule has 0 saturated heterocycles. The maximum absolute atomic E-state index is 6.39. The van der Waals surface area contributed by atoms with Crippen LogP contribution in [0.3, 0.4) is 0 Å². The molecule has 0 radical (unpaired) electrons. The second kappa shape index (κ2) is 9.17. The zero-order valence-electron chi connectivity index (χ0n) is 20.8. The zero-order valence-corrected chi connectivity index (χ0v) is 21.6. The topological polar surface area (TPSA) is 0 Å². The van der Waals surface area contributed by atoms with Gasteiger partial charge in [-0.05, 0) is 73.8 Å². The van der Waals surface area contributed by atoms with Crippen LogP contribution in [-0.4, -0.2) is 0 Å². The number of hydrogen-bond donors (Lipinski definition) is 0. The molecule has 0 bridgehead atoms. The first-order chi connectivity index (χ1) is 18.8. The van der Waals surface area contributed by atoms with Crippen molar-refractivity contribution >= 4 is 11.6 Å². The molecule has 0 amide bonds. The van der Waals surface area contributed by atoms with Gasteiger partial charge in [-0.1, -0.05) is 145 Å². The Hall–Kier alpha value is -4.39. The van der Waals surface area contributed by atoms with Crippen LogP contribution in [0.25, 0.3) is 33.4 Å². The van der Waals surface area contributed by atoms with Crippen LogP contribution in [0.5, 0.6) is 0 Å². The third-order valence-electron chi connectivity index (χ3n) is 7.85. The van der Waals surface area contributed by atoms with Crippen LogP contribution < -0.4 is 0 Å². The standard InChI is InChI=1S/C37H25Cl/c38-30-23-21-28(22-24-30)37(35-19-8-6-17-33(35)34-18-7-9-20-36(34)37)29-14-10-13-27(25-29)32-16-5-4-15-31(32)26-11-2-1-3-12-26/h1-25H. The van der Waals surface area contributed by atoms with Crippen LogP contribution in [0.2, 0.25) is 5.02 Å². The van der Waals surface area contributed by atoms with Gasteiger partial charge in [-0.2, -0.15) is 0 Å². The molecule has 0 saturated carbocycles. The quantitative estimate of drug-likeness (QED) is 0.223. The first kappa shape index (κ1) is 22.8. The van der Waals surface area contributed by atoms with E-state index in [1.165, 1.54) is 55.6 Å². The van der Waals surface area contributed by atoms with E-state index < -0.39 is 5.41 Å². The van der Waals surface area contributed by atoms with E-state index in [2.05, 4.69) is 140 Å². The first-order valence-corrected chi connectivity index (χ1v) is 13.4. The highest BCUT2D eigenvalue weighted by molar-refractivity contribution is 6.30. The van der Waals surface area contributed by atoms with Gasteiger partial charge in [0.15, 0.2) is 0 Å². The molecule has 0 aromatic heterocycles.